The molecule has 0 fully saturated rings. The number of nitrogens with one attached hydrogen (secondary N) is 1. The Bertz CT molecular complexity index is 632. The molecule has 104 valence electrons. The number of aliphatic hydroxyl groups is 1. The van der Waals surface area contributed by atoms with Gasteiger partial charge in [-0.2, -0.15) is 5.10 Å². The number of hydrogen-bond acceptors (Lipinski definition) is 5. The van der Waals surface area contributed by atoms with Crippen LogP contribution < -0.4 is 5.43 Å². The summed E-state index contributed by atoms with van der Waals surface area (Å²) < 4.78 is 4.65. The Balaban J connectivity index is 2.26. The molecule has 1 aliphatic rings. The number of carbonyl (C=O) groups is 2. The number of aliphatic hydroxyl groups excluding tert-OH is 1. The second kappa shape index (κ2) is 5.56. The minimum absolute atomic E-state index is 0.0861. The van der Waals surface area contributed by atoms with Crippen LogP contribution in [0.15, 0.2) is 34.9 Å². The van der Waals surface area contributed by atoms with Crippen molar-refractivity contribution in [1.29, 1.82) is 0 Å². The van der Waals surface area contributed by atoms with Crippen LogP contribution in [-0.4, -0.2) is 29.3 Å². The van der Waals surface area contributed by atoms with Crippen LogP contribution in [0.3, 0.4) is 0 Å². The summed E-state index contributed by atoms with van der Waals surface area (Å²) in [6.45, 7) is 3.42. The maximum Gasteiger partial charge on any atom is 0.427 e. The van der Waals surface area contributed by atoms with Gasteiger partial charge < -0.3 is 9.84 Å². The number of rotatable bonds is 3. The van der Waals surface area contributed by atoms with Crippen LogP contribution in [-0.2, 0) is 4.74 Å². The zero-order valence-corrected chi connectivity index (χ0v) is 11.1. The molecule has 6 nitrogen and oxygen atoms in total. The van der Waals surface area contributed by atoms with Gasteiger partial charge in [-0.05, 0) is 13.8 Å². The van der Waals surface area contributed by atoms with Gasteiger partial charge in [0.2, 0.25) is 0 Å². The van der Waals surface area contributed by atoms with E-state index in [0.29, 0.717) is 11.1 Å². The summed E-state index contributed by atoms with van der Waals surface area (Å²) in [6, 6.07) is 6.74. The lowest BCUT2D eigenvalue weighted by atomic mass is 10.1. The van der Waals surface area contributed by atoms with E-state index in [2.05, 4.69) is 15.3 Å². The van der Waals surface area contributed by atoms with Crippen molar-refractivity contribution in [2.45, 2.75) is 13.8 Å². The molecule has 0 spiro atoms. The van der Waals surface area contributed by atoms with Crippen LogP contribution in [0, 0.1) is 0 Å². The third-order valence-corrected chi connectivity index (χ3v) is 2.84. The Hall–Kier alpha value is -2.63. The van der Waals surface area contributed by atoms with E-state index in [4.69, 9.17) is 0 Å². The maximum atomic E-state index is 12.2. The second-order valence-corrected chi connectivity index (χ2v) is 4.13. The quantitative estimate of drug-likeness (QED) is 0.653. The number of amides is 1. The van der Waals surface area contributed by atoms with Gasteiger partial charge >= 0.3 is 6.09 Å². The van der Waals surface area contributed by atoms with Crippen LogP contribution in [0.1, 0.15) is 29.8 Å². The van der Waals surface area contributed by atoms with Crippen molar-refractivity contribution >= 4 is 23.3 Å². The Morgan fingerprint density at radius 3 is 2.60 bits per heavy atom. The van der Waals surface area contributed by atoms with E-state index in [0.717, 1.165) is 0 Å². The fraction of sp³-hybridized carbons (Fsp3) is 0.214. The molecule has 2 rings (SSSR count). The van der Waals surface area contributed by atoms with E-state index >= 15 is 0 Å². The van der Waals surface area contributed by atoms with Gasteiger partial charge in [0.05, 0.1) is 17.9 Å². The summed E-state index contributed by atoms with van der Waals surface area (Å²) in [5.74, 6) is -0.442. The van der Waals surface area contributed by atoms with E-state index in [-0.39, 0.29) is 29.4 Å². The van der Waals surface area contributed by atoms with E-state index in [9.17, 15) is 14.7 Å². The van der Waals surface area contributed by atoms with Crippen LogP contribution in [0.5, 0.6) is 0 Å². The molecule has 0 aliphatic heterocycles. The maximum absolute atomic E-state index is 12.2. The second-order valence-electron chi connectivity index (χ2n) is 4.13. The number of ketones is 1. The average molecular weight is 274 g/mol. The van der Waals surface area contributed by atoms with Gasteiger partial charge in [0, 0.05) is 11.1 Å². The number of carbonyl (C=O) groups excluding carboxylic acids is 2. The first kappa shape index (κ1) is 13.8. The number of ether oxygens (including phenoxy) is 1. The van der Waals surface area contributed by atoms with Gasteiger partial charge in [0.1, 0.15) is 5.76 Å². The van der Waals surface area contributed by atoms with Gasteiger partial charge in [-0.25, -0.2) is 10.2 Å². The third-order valence-electron chi connectivity index (χ3n) is 2.84. The Labute approximate surface area is 115 Å². The van der Waals surface area contributed by atoms with Crippen LogP contribution in [0.4, 0.5) is 4.79 Å². The summed E-state index contributed by atoms with van der Waals surface area (Å²) >= 11 is 0. The first-order valence-electron chi connectivity index (χ1n) is 6.11. The van der Waals surface area contributed by atoms with Gasteiger partial charge in [0.25, 0.3) is 0 Å². The van der Waals surface area contributed by atoms with E-state index in [1.807, 2.05) is 0 Å². The van der Waals surface area contributed by atoms with Crippen molar-refractivity contribution in [2.24, 2.45) is 5.10 Å². The molecule has 0 atom stereocenters. The molecule has 1 aromatic rings. The zero-order valence-electron chi connectivity index (χ0n) is 11.1. The van der Waals surface area contributed by atoms with Crippen LogP contribution in [0.2, 0.25) is 0 Å². The van der Waals surface area contributed by atoms with Crippen LogP contribution in [0.25, 0.3) is 5.76 Å². The molecular formula is C14H14N2O4. The van der Waals surface area contributed by atoms with Gasteiger partial charge in [-0.1, -0.05) is 24.3 Å². The largest absolute Gasteiger partial charge is 0.506 e. The highest BCUT2D eigenvalue weighted by Gasteiger charge is 2.31. The smallest absolute Gasteiger partial charge is 0.427 e. The number of hydrogen-bond donors (Lipinski definition) is 2. The molecule has 0 saturated heterocycles. The minimum atomic E-state index is -0.713. The SMILES string of the molecule is CCOC(=O)N/N=C(\C)C1=C(O)c2ccccc2C1=O. The minimum Gasteiger partial charge on any atom is -0.506 e. The molecule has 0 radical (unpaired) electrons. The monoisotopic (exact) mass is 274 g/mol. The fourth-order valence-electron chi connectivity index (χ4n) is 1.95. The number of hydrazone groups is 1. The highest BCUT2D eigenvalue weighted by molar-refractivity contribution is 6.35. The summed E-state index contributed by atoms with van der Waals surface area (Å²) in [4.78, 5) is 23.3. The molecule has 0 saturated carbocycles. The zero-order chi connectivity index (χ0) is 14.7. The molecule has 2 N–H and O–H groups in total. The van der Waals surface area contributed by atoms with Crippen molar-refractivity contribution in [3.05, 3.63) is 41.0 Å². The molecule has 0 heterocycles. The van der Waals surface area contributed by atoms with Crippen molar-refractivity contribution in [3.8, 4) is 0 Å². The van der Waals surface area contributed by atoms with Crippen molar-refractivity contribution in [3.63, 3.8) is 0 Å². The molecular weight excluding hydrogens is 260 g/mol. The lowest BCUT2D eigenvalue weighted by Gasteiger charge is -2.03. The molecule has 1 aromatic carbocycles. The number of Topliss-reactive ketones (excluding diaryl/α,β-unsaturated/α-hetero) is 1. The van der Waals surface area contributed by atoms with Crippen LogP contribution >= 0.6 is 0 Å². The van der Waals surface area contributed by atoms with Crippen molar-refractivity contribution < 1.29 is 19.4 Å². The predicted octanol–water partition coefficient (Wildman–Crippen LogP) is 2.27. The summed E-state index contributed by atoms with van der Waals surface area (Å²) in [7, 11) is 0. The standard InChI is InChI=1S/C14H14N2O4/c1-3-20-14(19)16-15-8(2)11-12(17)9-6-4-5-7-10(9)13(11)18/h4-7,17H,3H2,1-2H3,(H,16,19)/b15-8+. The first-order chi connectivity index (χ1) is 9.56. The lowest BCUT2D eigenvalue weighted by Crippen LogP contribution is -2.21. The first-order valence-corrected chi connectivity index (χ1v) is 6.11. The molecule has 6 heteroatoms. The normalized spacial score (nSPS) is 14.3. The summed E-state index contributed by atoms with van der Waals surface area (Å²) in [5, 5.41) is 13.8. The predicted molar refractivity (Wildman–Crippen MR) is 73.6 cm³/mol. The van der Waals surface area contributed by atoms with E-state index < -0.39 is 6.09 Å². The highest BCUT2D eigenvalue weighted by Crippen LogP contribution is 2.31. The summed E-state index contributed by atoms with van der Waals surface area (Å²) in [5.41, 5.74) is 3.36. The summed E-state index contributed by atoms with van der Waals surface area (Å²) in [6.07, 6.45) is -0.713. The number of fused-ring (bicyclic) bond motifs is 1. The van der Waals surface area contributed by atoms with Gasteiger partial charge in [-0.3, -0.25) is 4.79 Å². The lowest BCUT2D eigenvalue weighted by molar-refractivity contribution is 0.104. The Morgan fingerprint density at radius 2 is 2.00 bits per heavy atom. The number of benzene rings is 1. The molecule has 0 unspecified atom stereocenters. The topological polar surface area (TPSA) is 88.0 Å². The van der Waals surface area contributed by atoms with E-state index in [1.54, 1.807) is 31.2 Å². The van der Waals surface area contributed by atoms with Gasteiger partial charge in [-0.15, -0.1) is 0 Å². The Morgan fingerprint density at radius 1 is 1.35 bits per heavy atom. The van der Waals surface area contributed by atoms with E-state index in [1.165, 1.54) is 6.92 Å². The van der Waals surface area contributed by atoms with Crippen molar-refractivity contribution in [2.75, 3.05) is 6.61 Å². The molecule has 0 bridgehead atoms. The third kappa shape index (κ3) is 2.40. The average Bonchev–Trinajstić information content (AvgIpc) is 2.69. The molecule has 1 amide bonds. The van der Waals surface area contributed by atoms with Gasteiger partial charge in [0.15, 0.2) is 5.78 Å². The number of nitrogens with zero attached hydrogens (tertiary/aromatic N) is 1. The fourth-order valence-corrected chi connectivity index (χ4v) is 1.95. The number of allylic oxidation sites excluding steroid dienone is 1. The molecule has 0 aromatic heterocycles. The Kier molecular flexibility index (Phi) is 3.84. The van der Waals surface area contributed by atoms with Crippen molar-refractivity contribution in [1.82, 2.24) is 5.43 Å². The molecule has 1 aliphatic carbocycles. The molecule has 20 heavy (non-hydrogen) atoms. The highest BCUT2D eigenvalue weighted by atomic mass is 16.5.